The summed E-state index contributed by atoms with van der Waals surface area (Å²) in [4.78, 5) is 13.3. The molecule has 35 heavy (non-hydrogen) atoms. The second-order valence-corrected chi connectivity index (χ2v) is 10.0. The summed E-state index contributed by atoms with van der Waals surface area (Å²) in [6.45, 7) is 7.80. The summed E-state index contributed by atoms with van der Waals surface area (Å²) in [5.74, 6) is 1.16. The number of nitrogens with zero attached hydrogens (tertiary/aromatic N) is 4. The number of aromatic nitrogens is 4. The van der Waals surface area contributed by atoms with Crippen LogP contribution < -0.4 is 0 Å². The molecule has 0 aliphatic carbocycles. The lowest BCUT2D eigenvalue weighted by atomic mass is 10.1. The third kappa shape index (κ3) is 4.97. The highest BCUT2D eigenvalue weighted by Crippen LogP contribution is 2.29. The van der Waals surface area contributed by atoms with Gasteiger partial charge in [0.15, 0.2) is 16.8 Å². The smallest absolute Gasteiger partial charge is 0.196 e. The number of hydrogen-bond donors (Lipinski definition) is 0. The molecule has 1 unspecified atom stereocenters. The van der Waals surface area contributed by atoms with E-state index in [1.165, 1.54) is 11.8 Å². The summed E-state index contributed by atoms with van der Waals surface area (Å²) < 4.78 is 10.1. The molecule has 2 aromatic heterocycles. The maximum absolute atomic E-state index is 13.3. The minimum Gasteiger partial charge on any atom is -0.376 e. The van der Waals surface area contributed by atoms with Crippen molar-refractivity contribution in [2.75, 3.05) is 12.4 Å². The van der Waals surface area contributed by atoms with Crippen LogP contribution in [0, 0.1) is 20.8 Å². The van der Waals surface area contributed by atoms with E-state index in [-0.39, 0.29) is 11.9 Å². The van der Waals surface area contributed by atoms with Crippen molar-refractivity contribution < 1.29 is 9.53 Å². The fraction of sp³-hybridized carbons (Fsp3) is 0.321. The van der Waals surface area contributed by atoms with Gasteiger partial charge in [-0.1, -0.05) is 53.7 Å². The Morgan fingerprint density at radius 2 is 1.89 bits per heavy atom. The van der Waals surface area contributed by atoms with E-state index in [1.54, 1.807) is 0 Å². The molecule has 0 bridgehead atoms. The van der Waals surface area contributed by atoms with Gasteiger partial charge in [0.05, 0.1) is 11.9 Å². The lowest BCUT2D eigenvalue weighted by Gasteiger charge is -2.14. The summed E-state index contributed by atoms with van der Waals surface area (Å²) in [5, 5.41) is 9.69. The number of thioether (sulfide) groups is 1. The zero-order valence-electron chi connectivity index (χ0n) is 20.4. The third-order valence-corrected chi connectivity index (χ3v) is 7.47. The molecule has 180 valence electrons. The molecule has 6 nitrogen and oxygen atoms in total. The summed E-state index contributed by atoms with van der Waals surface area (Å²) in [6.07, 6.45) is 2.43. The number of benzene rings is 2. The molecule has 0 saturated carbocycles. The fourth-order valence-corrected chi connectivity index (χ4v) is 5.54. The lowest BCUT2D eigenvalue weighted by molar-refractivity contribution is 0.0957. The van der Waals surface area contributed by atoms with E-state index in [0.29, 0.717) is 10.9 Å². The highest BCUT2D eigenvalue weighted by atomic mass is 32.2. The Kier molecular flexibility index (Phi) is 6.88. The number of carbonyl (C=O) groups excluding carboxylic acids is 1. The highest BCUT2D eigenvalue weighted by molar-refractivity contribution is 7.99. The van der Waals surface area contributed by atoms with E-state index >= 15 is 0 Å². The molecule has 0 N–H and O–H groups in total. The van der Waals surface area contributed by atoms with E-state index in [2.05, 4.69) is 40.7 Å². The lowest BCUT2D eigenvalue weighted by Crippen LogP contribution is -2.17. The second kappa shape index (κ2) is 10.2. The van der Waals surface area contributed by atoms with Crippen LogP contribution in [0.4, 0.5) is 0 Å². The van der Waals surface area contributed by atoms with Crippen LogP contribution in [0.3, 0.4) is 0 Å². The van der Waals surface area contributed by atoms with Crippen LogP contribution in [0.1, 0.15) is 40.2 Å². The van der Waals surface area contributed by atoms with Crippen LogP contribution in [0.25, 0.3) is 17.1 Å². The first-order valence-electron chi connectivity index (χ1n) is 12.0. The zero-order chi connectivity index (χ0) is 24.4. The molecule has 0 spiro atoms. The van der Waals surface area contributed by atoms with Gasteiger partial charge in [0, 0.05) is 41.4 Å². The summed E-state index contributed by atoms with van der Waals surface area (Å²) >= 11 is 1.43. The molecule has 1 fully saturated rings. The summed E-state index contributed by atoms with van der Waals surface area (Å²) in [5.41, 5.74) is 6.01. The van der Waals surface area contributed by atoms with Crippen molar-refractivity contribution in [3.8, 4) is 17.1 Å². The van der Waals surface area contributed by atoms with Crippen LogP contribution in [0.15, 0.2) is 65.8 Å². The number of para-hydroxylation sites is 1. The van der Waals surface area contributed by atoms with Gasteiger partial charge in [-0.05, 0) is 57.9 Å². The van der Waals surface area contributed by atoms with Crippen molar-refractivity contribution in [1.29, 1.82) is 0 Å². The van der Waals surface area contributed by atoms with Crippen LogP contribution in [0.5, 0.6) is 0 Å². The van der Waals surface area contributed by atoms with Gasteiger partial charge in [0.1, 0.15) is 0 Å². The van der Waals surface area contributed by atoms with E-state index in [1.807, 2.05) is 60.0 Å². The fourth-order valence-electron chi connectivity index (χ4n) is 4.71. The van der Waals surface area contributed by atoms with Gasteiger partial charge in [0.2, 0.25) is 0 Å². The van der Waals surface area contributed by atoms with Crippen LogP contribution in [0.2, 0.25) is 0 Å². The van der Waals surface area contributed by atoms with Crippen molar-refractivity contribution in [3.63, 3.8) is 0 Å². The quantitative estimate of drug-likeness (QED) is 0.232. The second-order valence-electron chi connectivity index (χ2n) is 9.09. The van der Waals surface area contributed by atoms with Crippen molar-refractivity contribution in [2.45, 2.75) is 51.4 Å². The Labute approximate surface area is 210 Å². The number of ether oxygens (including phenoxy) is 1. The van der Waals surface area contributed by atoms with Gasteiger partial charge in [-0.3, -0.25) is 9.36 Å². The average molecular weight is 487 g/mol. The van der Waals surface area contributed by atoms with Crippen LogP contribution in [-0.2, 0) is 11.3 Å². The van der Waals surface area contributed by atoms with Crippen molar-refractivity contribution in [3.05, 3.63) is 83.2 Å². The molecule has 0 radical (unpaired) electrons. The molecular formula is C28H30N4O2S. The molecule has 1 aliphatic rings. The predicted molar refractivity (Wildman–Crippen MR) is 139 cm³/mol. The van der Waals surface area contributed by atoms with Gasteiger partial charge in [-0.25, -0.2) is 0 Å². The molecule has 7 heteroatoms. The minimum atomic E-state index is 0.0985. The molecule has 1 aliphatic heterocycles. The van der Waals surface area contributed by atoms with Crippen LogP contribution >= 0.6 is 11.8 Å². The van der Waals surface area contributed by atoms with E-state index < -0.39 is 0 Å². The average Bonchev–Trinajstić information content (AvgIpc) is 3.59. The van der Waals surface area contributed by atoms with Gasteiger partial charge >= 0.3 is 0 Å². The first-order valence-corrected chi connectivity index (χ1v) is 13.0. The van der Waals surface area contributed by atoms with Gasteiger partial charge < -0.3 is 9.30 Å². The molecule has 3 heterocycles. The Morgan fingerprint density at radius 1 is 1.06 bits per heavy atom. The van der Waals surface area contributed by atoms with Crippen molar-refractivity contribution in [2.24, 2.45) is 0 Å². The molecule has 1 atom stereocenters. The Balaban J connectivity index is 1.40. The maximum atomic E-state index is 13.3. The molecule has 4 aromatic rings. The van der Waals surface area contributed by atoms with E-state index in [4.69, 9.17) is 4.74 Å². The Bertz CT molecular complexity index is 1340. The third-order valence-electron chi connectivity index (χ3n) is 6.54. The number of Topliss-reactive ketones (excluding diaryl/α,β-unsaturated/α-hetero) is 1. The van der Waals surface area contributed by atoms with Gasteiger partial charge in [0.25, 0.3) is 0 Å². The van der Waals surface area contributed by atoms with Crippen molar-refractivity contribution in [1.82, 2.24) is 19.3 Å². The highest BCUT2D eigenvalue weighted by Gasteiger charge is 2.22. The van der Waals surface area contributed by atoms with Crippen LogP contribution in [-0.4, -0.2) is 43.6 Å². The number of hydrogen-bond acceptors (Lipinski definition) is 5. The molecule has 1 saturated heterocycles. The number of aryl methyl sites for hydroxylation is 2. The van der Waals surface area contributed by atoms with E-state index in [9.17, 15) is 4.79 Å². The zero-order valence-corrected chi connectivity index (χ0v) is 21.2. The topological polar surface area (TPSA) is 61.9 Å². The largest absolute Gasteiger partial charge is 0.376 e. The van der Waals surface area contributed by atoms with Gasteiger partial charge in [-0.2, -0.15) is 0 Å². The van der Waals surface area contributed by atoms with Crippen molar-refractivity contribution >= 4 is 17.5 Å². The minimum absolute atomic E-state index is 0.0985. The predicted octanol–water partition coefficient (Wildman–Crippen LogP) is 5.82. The van der Waals surface area contributed by atoms with E-state index in [0.717, 1.165) is 65.6 Å². The Hall–Kier alpha value is -3.16. The normalized spacial score (nSPS) is 15.6. The Morgan fingerprint density at radius 3 is 2.63 bits per heavy atom. The standard InChI is InChI=1S/C28H30N4O2S/c1-19-9-7-10-22(15-19)27-29-30-28(32(27)23-11-5-4-6-12-23)35-18-26(33)25-16-20(2)31(21(25)3)17-24-13-8-14-34-24/h4-7,9-12,15-16,24H,8,13-14,17-18H2,1-3H3. The summed E-state index contributed by atoms with van der Waals surface area (Å²) in [7, 11) is 0. The molecule has 5 rings (SSSR count). The molecule has 2 aromatic carbocycles. The summed E-state index contributed by atoms with van der Waals surface area (Å²) in [6, 6.07) is 20.3. The molecular weight excluding hydrogens is 456 g/mol. The monoisotopic (exact) mass is 486 g/mol. The van der Waals surface area contributed by atoms with Gasteiger partial charge in [-0.15, -0.1) is 10.2 Å². The maximum Gasteiger partial charge on any atom is 0.196 e. The number of ketones is 1. The first-order chi connectivity index (χ1) is 17.0. The SMILES string of the molecule is Cc1cccc(-c2nnc(SCC(=O)c3cc(C)n(CC4CCCO4)c3C)n2-c2ccccc2)c1. The number of carbonyl (C=O) groups is 1. The number of rotatable bonds is 8. The molecule has 0 amide bonds. The first kappa shape index (κ1) is 23.6.